The Morgan fingerprint density at radius 2 is 1.56 bits per heavy atom. The minimum absolute atomic E-state index is 0.959. The molecule has 0 unspecified atom stereocenters. The van der Waals surface area contributed by atoms with Crippen LogP contribution in [0.3, 0.4) is 0 Å². The maximum Gasteiger partial charge on any atom is 0.00106 e. The van der Waals surface area contributed by atoms with Gasteiger partial charge in [0.2, 0.25) is 0 Å². The quantitative estimate of drug-likeness (QED) is 0.658. The molecule has 1 fully saturated rings. The summed E-state index contributed by atoms with van der Waals surface area (Å²) in [6, 6.07) is 0. The third-order valence-electron chi connectivity index (χ3n) is 3.75. The molecule has 0 N–H and O–H groups in total. The molecule has 0 amide bonds. The summed E-state index contributed by atoms with van der Waals surface area (Å²) in [7, 11) is 0. The summed E-state index contributed by atoms with van der Waals surface area (Å²) in [5.74, 6) is 0.959. The molecule has 2 nitrogen and oxygen atoms in total. The van der Waals surface area contributed by atoms with Crippen LogP contribution >= 0.6 is 0 Å². The molecule has 0 aliphatic carbocycles. The van der Waals surface area contributed by atoms with Crippen molar-refractivity contribution in [2.45, 2.75) is 46.5 Å². The molecular weight excluding hydrogens is 196 g/mol. The van der Waals surface area contributed by atoms with Crippen LogP contribution in [0, 0.1) is 5.92 Å². The highest BCUT2D eigenvalue weighted by Gasteiger charge is 2.19. The maximum atomic E-state index is 2.67. The number of nitrogens with zero attached hydrogens (tertiary/aromatic N) is 2. The topological polar surface area (TPSA) is 6.48 Å². The minimum atomic E-state index is 0.959. The first-order valence-electron chi connectivity index (χ1n) is 7.24. The molecule has 0 spiro atoms. The van der Waals surface area contributed by atoms with Gasteiger partial charge in [0, 0.05) is 6.54 Å². The summed E-state index contributed by atoms with van der Waals surface area (Å²) in [5, 5.41) is 0. The Morgan fingerprint density at radius 1 is 1.00 bits per heavy atom. The third kappa shape index (κ3) is 4.84. The normalized spacial score (nSPS) is 19.5. The van der Waals surface area contributed by atoms with Gasteiger partial charge in [0.1, 0.15) is 0 Å². The Balaban J connectivity index is 2.24. The maximum absolute atomic E-state index is 2.67. The molecule has 1 aliphatic heterocycles. The largest absolute Gasteiger partial charge is 0.304 e. The highest BCUT2D eigenvalue weighted by Crippen LogP contribution is 2.18. The standard InChI is InChI=1S/C14H30N2/c1-4-9-16(10-5-2)13-14-7-11-15(6-3)12-8-14/h14H,4-13H2,1-3H3. The van der Waals surface area contributed by atoms with E-state index < -0.39 is 0 Å². The second kappa shape index (κ2) is 8.08. The van der Waals surface area contributed by atoms with Crippen molar-refractivity contribution >= 4 is 0 Å². The average molecular weight is 226 g/mol. The first-order chi connectivity index (χ1) is 7.80. The summed E-state index contributed by atoms with van der Waals surface area (Å²) in [5.41, 5.74) is 0. The molecule has 1 rings (SSSR count). The zero-order valence-corrected chi connectivity index (χ0v) is 11.5. The molecule has 0 atom stereocenters. The van der Waals surface area contributed by atoms with Gasteiger partial charge in [0.05, 0.1) is 0 Å². The lowest BCUT2D eigenvalue weighted by atomic mass is 9.96. The molecule has 96 valence electrons. The van der Waals surface area contributed by atoms with Crippen molar-refractivity contribution in [1.29, 1.82) is 0 Å². The monoisotopic (exact) mass is 226 g/mol. The number of hydrogen-bond acceptors (Lipinski definition) is 2. The zero-order valence-electron chi connectivity index (χ0n) is 11.5. The molecule has 1 heterocycles. The van der Waals surface area contributed by atoms with Gasteiger partial charge in [-0.05, 0) is 64.3 Å². The second-order valence-corrected chi connectivity index (χ2v) is 5.18. The van der Waals surface area contributed by atoms with Crippen molar-refractivity contribution in [3.05, 3.63) is 0 Å². The van der Waals surface area contributed by atoms with Crippen LogP contribution in [0.25, 0.3) is 0 Å². The Labute approximate surface area is 102 Å². The molecular formula is C14H30N2. The molecule has 2 heteroatoms. The van der Waals surface area contributed by atoms with Gasteiger partial charge in [0.25, 0.3) is 0 Å². The number of rotatable bonds is 7. The predicted octanol–water partition coefficient (Wildman–Crippen LogP) is 2.84. The smallest absolute Gasteiger partial charge is 0.00106 e. The van der Waals surface area contributed by atoms with Gasteiger partial charge in [0.15, 0.2) is 0 Å². The molecule has 0 radical (unpaired) electrons. The van der Waals surface area contributed by atoms with Crippen LogP contribution in [0.1, 0.15) is 46.5 Å². The lowest BCUT2D eigenvalue weighted by Crippen LogP contribution is -2.39. The van der Waals surface area contributed by atoms with Gasteiger partial charge in [-0.25, -0.2) is 0 Å². The van der Waals surface area contributed by atoms with E-state index in [0.29, 0.717) is 0 Å². The fourth-order valence-electron chi connectivity index (χ4n) is 2.78. The fourth-order valence-corrected chi connectivity index (χ4v) is 2.78. The Bertz CT molecular complexity index is 156. The van der Waals surface area contributed by atoms with Gasteiger partial charge in [-0.3, -0.25) is 0 Å². The van der Waals surface area contributed by atoms with Crippen LogP contribution in [0.15, 0.2) is 0 Å². The molecule has 1 aliphatic rings. The van der Waals surface area contributed by atoms with Crippen molar-refractivity contribution in [2.24, 2.45) is 5.92 Å². The van der Waals surface area contributed by atoms with Crippen molar-refractivity contribution in [3.63, 3.8) is 0 Å². The first kappa shape index (κ1) is 14.0. The molecule has 16 heavy (non-hydrogen) atoms. The first-order valence-corrected chi connectivity index (χ1v) is 7.24. The molecule has 0 saturated carbocycles. The lowest BCUT2D eigenvalue weighted by molar-refractivity contribution is 0.147. The van der Waals surface area contributed by atoms with E-state index in [1.165, 1.54) is 65.0 Å². The van der Waals surface area contributed by atoms with Crippen LogP contribution in [0.4, 0.5) is 0 Å². The summed E-state index contributed by atoms with van der Waals surface area (Å²) in [4.78, 5) is 5.26. The Kier molecular flexibility index (Phi) is 7.06. The molecule has 0 bridgehead atoms. The van der Waals surface area contributed by atoms with Crippen molar-refractivity contribution < 1.29 is 0 Å². The van der Waals surface area contributed by atoms with Crippen LogP contribution in [-0.2, 0) is 0 Å². The molecule has 0 aromatic rings. The van der Waals surface area contributed by atoms with Crippen LogP contribution in [0.2, 0.25) is 0 Å². The SMILES string of the molecule is CCCN(CCC)CC1CCN(CC)CC1. The van der Waals surface area contributed by atoms with E-state index in [4.69, 9.17) is 0 Å². The van der Waals surface area contributed by atoms with Gasteiger partial charge < -0.3 is 9.80 Å². The zero-order chi connectivity index (χ0) is 11.8. The van der Waals surface area contributed by atoms with Gasteiger partial charge >= 0.3 is 0 Å². The fraction of sp³-hybridized carbons (Fsp3) is 1.00. The van der Waals surface area contributed by atoms with Crippen molar-refractivity contribution in [1.82, 2.24) is 9.80 Å². The van der Waals surface area contributed by atoms with E-state index in [0.717, 1.165) is 5.92 Å². The van der Waals surface area contributed by atoms with E-state index in [9.17, 15) is 0 Å². The van der Waals surface area contributed by atoms with Gasteiger partial charge in [-0.2, -0.15) is 0 Å². The number of likely N-dealkylation sites (tertiary alicyclic amines) is 1. The van der Waals surface area contributed by atoms with Crippen LogP contribution in [0.5, 0.6) is 0 Å². The van der Waals surface area contributed by atoms with Gasteiger partial charge in [-0.1, -0.05) is 20.8 Å². The predicted molar refractivity (Wildman–Crippen MR) is 71.9 cm³/mol. The van der Waals surface area contributed by atoms with Crippen LogP contribution in [-0.4, -0.2) is 49.1 Å². The Hall–Kier alpha value is -0.0800. The van der Waals surface area contributed by atoms with Crippen molar-refractivity contribution in [3.8, 4) is 0 Å². The summed E-state index contributed by atoms with van der Waals surface area (Å²) >= 11 is 0. The van der Waals surface area contributed by atoms with Crippen molar-refractivity contribution in [2.75, 3.05) is 39.3 Å². The third-order valence-corrected chi connectivity index (χ3v) is 3.75. The summed E-state index contributed by atoms with van der Waals surface area (Å²) in [6.07, 6.45) is 5.43. The van der Waals surface area contributed by atoms with E-state index in [-0.39, 0.29) is 0 Å². The summed E-state index contributed by atoms with van der Waals surface area (Å²) < 4.78 is 0. The highest BCUT2D eigenvalue weighted by atomic mass is 15.1. The second-order valence-electron chi connectivity index (χ2n) is 5.18. The van der Waals surface area contributed by atoms with E-state index in [1.54, 1.807) is 0 Å². The Morgan fingerprint density at radius 3 is 2.00 bits per heavy atom. The number of hydrogen-bond donors (Lipinski definition) is 0. The number of piperidine rings is 1. The molecule has 1 saturated heterocycles. The molecule has 0 aromatic heterocycles. The molecule has 0 aromatic carbocycles. The highest BCUT2D eigenvalue weighted by molar-refractivity contribution is 4.74. The van der Waals surface area contributed by atoms with E-state index >= 15 is 0 Å². The van der Waals surface area contributed by atoms with Gasteiger partial charge in [-0.15, -0.1) is 0 Å². The van der Waals surface area contributed by atoms with E-state index in [1.807, 2.05) is 0 Å². The van der Waals surface area contributed by atoms with Crippen LogP contribution < -0.4 is 0 Å². The van der Waals surface area contributed by atoms with E-state index in [2.05, 4.69) is 30.6 Å². The minimum Gasteiger partial charge on any atom is -0.304 e. The average Bonchev–Trinajstić information content (AvgIpc) is 2.31. The lowest BCUT2D eigenvalue weighted by Gasteiger charge is -2.34. The summed E-state index contributed by atoms with van der Waals surface area (Å²) in [6.45, 7) is 14.7.